The molecule has 2 heteroatoms. The lowest BCUT2D eigenvalue weighted by Crippen LogP contribution is -2.73. The maximum atomic E-state index is 12.3. The maximum Gasteiger partial charge on any atom is 0.0779 e. The Labute approximate surface area is 197 Å². The zero-order valence-electron chi connectivity index (χ0n) is 22.1. The van der Waals surface area contributed by atoms with Crippen molar-refractivity contribution in [2.75, 3.05) is 0 Å². The molecule has 0 spiro atoms. The van der Waals surface area contributed by atoms with E-state index in [4.69, 9.17) is 0 Å². The summed E-state index contributed by atoms with van der Waals surface area (Å²) >= 11 is 0. The molecule has 0 aliphatic heterocycles. The Morgan fingerprint density at radius 2 is 1.41 bits per heavy atom. The van der Waals surface area contributed by atoms with Gasteiger partial charge in [-0.25, -0.2) is 0 Å². The van der Waals surface area contributed by atoms with E-state index in [1.807, 2.05) is 0 Å². The highest BCUT2D eigenvalue weighted by Crippen LogP contribution is 2.78. The molecule has 0 heterocycles. The molecule has 5 aliphatic carbocycles. The molecular weight excluding hydrogens is 392 g/mol. The quantitative estimate of drug-likeness (QED) is 0.424. The standard InChI is InChI=1S/C30H50O2/c1-19(2)20-11-13-26(5)15-16-27(6)21(24(20)26)9-10-22-28(27,7)17-18-30(32)25(3,4)23(31)12-14-29(22,30)8/h20-24,31-32H,1,9-18H2,2-8H3/t20-,21+,22-,23+,24+,26+,27+,28+,29+,30+/m0/s1. The number of allylic oxidation sites excluding steroid dienone is 1. The lowest BCUT2D eigenvalue weighted by atomic mass is 9.31. The van der Waals surface area contributed by atoms with Crippen molar-refractivity contribution < 1.29 is 10.2 Å². The van der Waals surface area contributed by atoms with Gasteiger partial charge in [-0.2, -0.15) is 0 Å². The molecule has 5 fully saturated rings. The molecule has 5 rings (SSSR count). The Morgan fingerprint density at radius 1 is 0.750 bits per heavy atom. The van der Waals surface area contributed by atoms with Gasteiger partial charge in [0.15, 0.2) is 0 Å². The summed E-state index contributed by atoms with van der Waals surface area (Å²) in [7, 11) is 0. The van der Waals surface area contributed by atoms with Crippen molar-refractivity contribution in [1.29, 1.82) is 0 Å². The van der Waals surface area contributed by atoms with Gasteiger partial charge in [0.1, 0.15) is 0 Å². The highest BCUT2D eigenvalue weighted by atomic mass is 16.3. The first-order valence-electron chi connectivity index (χ1n) is 13.7. The third kappa shape index (κ3) is 2.45. The van der Waals surface area contributed by atoms with E-state index < -0.39 is 17.1 Å². The van der Waals surface area contributed by atoms with Crippen LogP contribution in [0.25, 0.3) is 0 Å². The third-order valence-electron chi connectivity index (χ3n) is 13.8. The Bertz CT molecular complexity index is 816. The van der Waals surface area contributed by atoms with Crippen LogP contribution < -0.4 is 0 Å². The van der Waals surface area contributed by atoms with Crippen molar-refractivity contribution in [2.45, 2.75) is 124 Å². The van der Waals surface area contributed by atoms with Gasteiger partial charge in [0.2, 0.25) is 0 Å². The molecule has 0 amide bonds. The molecule has 182 valence electrons. The molecule has 0 aromatic carbocycles. The van der Waals surface area contributed by atoms with Gasteiger partial charge >= 0.3 is 0 Å². The van der Waals surface area contributed by atoms with Gasteiger partial charge in [-0.05, 0) is 111 Å². The summed E-state index contributed by atoms with van der Waals surface area (Å²) in [5, 5.41) is 23.2. The van der Waals surface area contributed by atoms with Crippen LogP contribution in [0.4, 0.5) is 0 Å². The first kappa shape index (κ1) is 23.4. The van der Waals surface area contributed by atoms with Crippen LogP contribution >= 0.6 is 0 Å². The topological polar surface area (TPSA) is 40.5 Å². The fourth-order valence-corrected chi connectivity index (χ4v) is 11.3. The molecule has 0 aromatic heterocycles. The maximum absolute atomic E-state index is 12.3. The second-order valence-corrected chi connectivity index (χ2v) is 14.8. The van der Waals surface area contributed by atoms with E-state index in [1.165, 1.54) is 44.1 Å². The van der Waals surface area contributed by atoms with Crippen LogP contribution in [-0.4, -0.2) is 21.9 Å². The van der Waals surface area contributed by atoms with Gasteiger partial charge in [-0.15, -0.1) is 0 Å². The van der Waals surface area contributed by atoms with Crippen molar-refractivity contribution in [3.05, 3.63) is 12.2 Å². The molecule has 5 saturated carbocycles. The number of aliphatic hydroxyl groups excluding tert-OH is 1. The van der Waals surface area contributed by atoms with Crippen LogP contribution in [-0.2, 0) is 0 Å². The Morgan fingerprint density at radius 3 is 2.06 bits per heavy atom. The van der Waals surface area contributed by atoms with Gasteiger partial charge < -0.3 is 10.2 Å². The summed E-state index contributed by atoms with van der Waals surface area (Å²) in [6, 6.07) is 0. The predicted molar refractivity (Wildman–Crippen MR) is 132 cm³/mol. The molecule has 0 aromatic rings. The first-order valence-corrected chi connectivity index (χ1v) is 13.7. The van der Waals surface area contributed by atoms with Crippen molar-refractivity contribution >= 4 is 0 Å². The number of hydrogen-bond acceptors (Lipinski definition) is 2. The Balaban J connectivity index is 1.57. The molecule has 0 saturated heterocycles. The average Bonchev–Trinajstić information content (AvgIpc) is 3.07. The normalized spacial score (nSPS) is 58.8. The van der Waals surface area contributed by atoms with E-state index in [-0.39, 0.29) is 10.8 Å². The summed E-state index contributed by atoms with van der Waals surface area (Å²) in [6.07, 6.45) is 11.3. The molecule has 0 bridgehead atoms. The lowest BCUT2D eigenvalue weighted by molar-refractivity contribution is -0.310. The summed E-state index contributed by atoms with van der Waals surface area (Å²) in [5.74, 6) is 2.80. The fraction of sp³-hybridized carbons (Fsp3) is 0.933. The summed E-state index contributed by atoms with van der Waals surface area (Å²) < 4.78 is 0. The summed E-state index contributed by atoms with van der Waals surface area (Å²) in [4.78, 5) is 0. The van der Waals surface area contributed by atoms with Gasteiger partial charge in [-0.3, -0.25) is 0 Å². The van der Waals surface area contributed by atoms with Crippen LogP contribution in [0.15, 0.2) is 12.2 Å². The number of hydrogen-bond donors (Lipinski definition) is 2. The number of aliphatic hydroxyl groups is 2. The number of fused-ring (bicyclic) bond motifs is 7. The lowest BCUT2D eigenvalue weighted by Gasteiger charge is -2.74. The van der Waals surface area contributed by atoms with Crippen molar-refractivity contribution in [1.82, 2.24) is 0 Å². The van der Waals surface area contributed by atoms with E-state index in [0.29, 0.717) is 22.7 Å². The van der Waals surface area contributed by atoms with Crippen LogP contribution in [0.2, 0.25) is 0 Å². The SMILES string of the molecule is C=C(C)[C@@H]1CC[C@]2(C)CC[C@]3(C)[C@H](CC[C@@H]4[C@@]5(C)CC[C@@H](O)C(C)(C)[C@]5(O)CC[C@]43C)[C@@H]12. The van der Waals surface area contributed by atoms with Gasteiger partial charge in [-0.1, -0.05) is 53.7 Å². The highest BCUT2D eigenvalue weighted by molar-refractivity contribution is 5.24. The first-order chi connectivity index (χ1) is 14.7. The monoisotopic (exact) mass is 442 g/mol. The predicted octanol–water partition coefficient (Wildman–Crippen LogP) is 7.14. The summed E-state index contributed by atoms with van der Waals surface area (Å²) in [6.45, 7) is 21.3. The fourth-order valence-electron chi connectivity index (χ4n) is 11.3. The van der Waals surface area contributed by atoms with Crippen LogP contribution in [0.5, 0.6) is 0 Å². The average molecular weight is 443 g/mol. The second-order valence-electron chi connectivity index (χ2n) is 14.8. The molecule has 2 N–H and O–H groups in total. The van der Waals surface area contributed by atoms with Crippen LogP contribution in [0.3, 0.4) is 0 Å². The Hall–Kier alpha value is -0.340. The molecule has 5 aliphatic rings. The van der Waals surface area contributed by atoms with Crippen molar-refractivity contribution in [3.63, 3.8) is 0 Å². The molecule has 32 heavy (non-hydrogen) atoms. The van der Waals surface area contributed by atoms with Crippen LogP contribution in [0, 0.1) is 50.7 Å². The van der Waals surface area contributed by atoms with E-state index >= 15 is 0 Å². The minimum Gasteiger partial charge on any atom is -0.392 e. The van der Waals surface area contributed by atoms with Gasteiger partial charge in [0.25, 0.3) is 0 Å². The summed E-state index contributed by atoms with van der Waals surface area (Å²) in [5.41, 5.74) is 1.18. The zero-order chi connectivity index (χ0) is 23.5. The van der Waals surface area contributed by atoms with E-state index in [0.717, 1.165) is 37.5 Å². The van der Waals surface area contributed by atoms with Gasteiger partial charge in [0, 0.05) is 10.8 Å². The zero-order valence-corrected chi connectivity index (χ0v) is 22.1. The molecule has 10 atom stereocenters. The molecular formula is C30H50O2. The minimum absolute atomic E-state index is 0.110. The van der Waals surface area contributed by atoms with E-state index in [9.17, 15) is 10.2 Å². The third-order valence-corrected chi connectivity index (χ3v) is 13.8. The van der Waals surface area contributed by atoms with Crippen molar-refractivity contribution in [3.8, 4) is 0 Å². The second kappa shape index (κ2) is 6.66. The Kier molecular flexibility index (Phi) is 4.87. The minimum atomic E-state index is -0.776. The molecule has 0 unspecified atom stereocenters. The highest BCUT2D eigenvalue weighted by Gasteiger charge is 2.74. The van der Waals surface area contributed by atoms with Crippen LogP contribution in [0.1, 0.15) is 113 Å². The van der Waals surface area contributed by atoms with Gasteiger partial charge in [0.05, 0.1) is 11.7 Å². The van der Waals surface area contributed by atoms with Crippen molar-refractivity contribution in [2.24, 2.45) is 50.7 Å². The number of rotatable bonds is 1. The van der Waals surface area contributed by atoms with E-state index in [1.54, 1.807) is 0 Å². The molecule has 0 radical (unpaired) electrons. The molecule has 2 nitrogen and oxygen atoms in total. The smallest absolute Gasteiger partial charge is 0.0779 e. The van der Waals surface area contributed by atoms with E-state index in [2.05, 4.69) is 55.0 Å². The largest absolute Gasteiger partial charge is 0.392 e.